The van der Waals surface area contributed by atoms with Gasteiger partial charge in [0.05, 0.1) is 12.0 Å². The highest BCUT2D eigenvalue weighted by molar-refractivity contribution is 7.71. The summed E-state index contributed by atoms with van der Waals surface area (Å²) in [5.74, 6) is 1.06. The minimum absolute atomic E-state index is 0.0414. The number of amides is 1. The second-order valence-electron chi connectivity index (χ2n) is 6.94. The molecule has 1 saturated heterocycles. The standard InChI is InChI=1S/C19H26N4O2S/c1-13(2)17-21-22-19(26)23(17)11-10-20-18(24)15-9-6-12-25-16(15)14-7-4-3-5-8-14/h3-5,7-8,13,15-16H,6,9-12H2,1-2H3,(H,20,24)(H,22,26)/t15-,16+/m0/s1. The van der Waals surface area contributed by atoms with E-state index in [2.05, 4.69) is 29.4 Å². The molecule has 2 N–H and O–H groups in total. The Morgan fingerprint density at radius 2 is 2.19 bits per heavy atom. The number of nitrogens with zero attached hydrogens (tertiary/aromatic N) is 2. The second kappa shape index (κ2) is 8.60. The number of H-pyrrole nitrogens is 1. The Morgan fingerprint density at radius 3 is 2.92 bits per heavy atom. The van der Waals surface area contributed by atoms with Gasteiger partial charge in [0.1, 0.15) is 5.82 Å². The lowest BCUT2D eigenvalue weighted by Crippen LogP contribution is -2.39. The fraction of sp³-hybridized carbons (Fsp3) is 0.526. The van der Waals surface area contributed by atoms with Gasteiger partial charge in [-0.05, 0) is 30.6 Å². The van der Waals surface area contributed by atoms with Gasteiger partial charge in [0.15, 0.2) is 4.77 Å². The van der Waals surface area contributed by atoms with Crippen LogP contribution in [0.25, 0.3) is 0 Å². The van der Waals surface area contributed by atoms with Gasteiger partial charge in [-0.1, -0.05) is 44.2 Å². The van der Waals surface area contributed by atoms with Crippen LogP contribution in [0.1, 0.15) is 50.1 Å². The molecule has 7 heteroatoms. The van der Waals surface area contributed by atoms with Gasteiger partial charge in [-0.15, -0.1) is 0 Å². The van der Waals surface area contributed by atoms with Crippen LogP contribution in [0.4, 0.5) is 0 Å². The van der Waals surface area contributed by atoms with E-state index in [4.69, 9.17) is 17.0 Å². The summed E-state index contributed by atoms with van der Waals surface area (Å²) in [6, 6.07) is 9.99. The summed E-state index contributed by atoms with van der Waals surface area (Å²) in [4.78, 5) is 12.8. The predicted molar refractivity (Wildman–Crippen MR) is 102 cm³/mol. The molecule has 1 aromatic carbocycles. The summed E-state index contributed by atoms with van der Waals surface area (Å²) in [7, 11) is 0. The first kappa shape index (κ1) is 18.8. The van der Waals surface area contributed by atoms with E-state index >= 15 is 0 Å². The van der Waals surface area contributed by atoms with Crippen LogP contribution in [0.15, 0.2) is 30.3 Å². The summed E-state index contributed by atoms with van der Waals surface area (Å²) in [6.45, 7) is 5.97. The summed E-state index contributed by atoms with van der Waals surface area (Å²) >= 11 is 5.29. The van der Waals surface area contributed by atoms with Gasteiger partial charge < -0.3 is 14.6 Å². The van der Waals surface area contributed by atoms with Crippen molar-refractivity contribution in [3.05, 3.63) is 46.5 Å². The Hall–Kier alpha value is -1.99. The minimum atomic E-state index is -0.174. The van der Waals surface area contributed by atoms with Crippen LogP contribution in [0.3, 0.4) is 0 Å². The normalized spacial score (nSPS) is 20.3. The van der Waals surface area contributed by atoms with Crippen molar-refractivity contribution in [1.82, 2.24) is 20.1 Å². The number of aromatic nitrogens is 3. The first-order valence-corrected chi connectivity index (χ1v) is 9.58. The quantitative estimate of drug-likeness (QED) is 0.761. The maximum absolute atomic E-state index is 12.8. The topological polar surface area (TPSA) is 71.9 Å². The molecule has 6 nitrogen and oxygen atoms in total. The van der Waals surface area contributed by atoms with Gasteiger partial charge in [0.25, 0.3) is 0 Å². The summed E-state index contributed by atoms with van der Waals surface area (Å²) in [5.41, 5.74) is 1.06. The fourth-order valence-corrected chi connectivity index (χ4v) is 3.66. The molecule has 1 amide bonds. The van der Waals surface area contributed by atoms with Gasteiger partial charge in [0.2, 0.25) is 5.91 Å². The molecule has 0 radical (unpaired) electrons. The van der Waals surface area contributed by atoms with Crippen LogP contribution in [0, 0.1) is 10.7 Å². The van der Waals surface area contributed by atoms with Crippen molar-refractivity contribution in [3.8, 4) is 0 Å². The molecule has 0 unspecified atom stereocenters. The second-order valence-corrected chi connectivity index (χ2v) is 7.32. The molecule has 2 atom stereocenters. The highest BCUT2D eigenvalue weighted by Gasteiger charge is 2.32. The molecule has 0 saturated carbocycles. The third kappa shape index (κ3) is 4.22. The third-order valence-electron chi connectivity index (χ3n) is 4.73. The number of benzene rings is 1. The zero-order valence-corrected chi connectivity index (χ0v) is 16.1. The van der Waals surface area contributed by atoms with Crippen LogP contribution >= 0.6 is 12.2 Å². The smallest absolute Gasteiger partial charge is 0.226 e. The molecule has 26 heavy (non-hydrogen) atoms. The lowest BCUT2D eigenvalue weighted by atomic mass is 9.89. The molecule has 3 rings (SSSR count). The van der Waals surface area contributed by atoms with Crippen LogP contribution in [0.2, 0.25) is 0 Å². The number of carbonyl (C=O) groups excluding carboxylic acids is 1. The van der Waals surface area contributed by atoms with Gasteiger partial charge >= 0.3 is 0 Å². The monoisotopic (exact) mass is 374 g/mol. The molecule has 1 aliphatic rings. The molecular weight excluding hydrogens is 348 g/mol. The molecule has 2 heterocycles. The van der Waals surface area contributed by atoms with Crippen LogP contribution < -0.4 is 5.32 Å². The largest absolute Gasteiger partial charge is 0.373 e. The van der Waals surface area contributed by atoms with Gasteiger partial charge in [-0.25, -0.2) is 0 Å². The van der Waals surface area contributed by atoms with Crippen LogP contribution in [-0.2, 0) is 16.1 Å². The highest BCUT2D eigenvalue weighted by Crippen LogP contribution is 2.33. The average Bonchev–Trinajstić information content (AvgIpc) is 3.03. The number of rotatable bonds is 6. The van der Waals surface area contributed by atoms with E-state index in [1.165, 1.54) is 0 Å². The Labute approximate surface area is 159 Å². The van der Waals surface area contributed by atoms with Gasteiger partial charge in [-0.3, -0.25) is 9.89 Å². The first-order chi connectivity index (χ1) is 12.6. The summed E-state index contributed by atoms with van der Waals surface area (Å²) < 4.78 is 8.46. The lowest BCUT2D eigenvalue weighted by Gasteiger charge is -2.31. The Morgan fingerprint density at radius 1 is 1.42 bits per heavy atom. The SMILES string of the molecule is CC(C)c1n[nH]c(=S)n1CCNC(=O)[C@H]1CCCO[C@@H]1c1ccccc1. The molecule has 0 bridgehead atoms. The van der Waals surface area contributed by atoms with E-state index in [0.717, 1.165) is 24.2 Å². The van der Waals surface area contributed by atoms with Crippen molar-refractivity contribution in [2.45, 2.75) is 45.3 Å². The lowest BCUT2D eigenvalue weighted by molar-refractivity contribution is -0.134. The van der Waals surface area contributed by atoms with E-state index in [0.29, 0.717) is 24.5 Å². The van der Waals surface area contributed by atoms with Crippen molar-refractivity contribution >= 4 is 18.1 Å². The summed E-state index contributed by atoms with van der Waals surface area (Å²) in [5, 5.41) is 10.2. The number of hydrogen-bond acceptors (Lipinski definition) is 4. The average molecular weight is 375 g/mol. The molecule has 1 fully saturated rings. The van der Waals surface area contributed by atoms with Crippen molar-refractivity contribution in [2.24, 2.45) is 5.92 Å². The van der Waals surface area contributed by atoms with Gasteiger partial charge in [-0.2, -0.15) is 5.10 Å². The zero-order chi connectivity index (χ0) is 18.5. The fourth-order valence-electron chi connectivity index (χ4n) is 3.43. The summed E-state index contributed by atoms with van der Waals surface area (Å²) in [6.07, 6.45) is 1.58. The number of nitrogens with one attached hydrogen (secondary N) is 2. The Bertz CT molecular complexity index is 784. The van der Waals surface area contributed by atoms with E-state index < -0.39 is 0 Å². The maximum Gasteiger partial charge on any atom is 0.226 e. The minimum Gasteiger partial charge on any atom is -0.373 e. The van der Waals surface area contributed by atoms with E-state index in [9.17, 15) is 4.79 Å². The third-order valence-corrected chi connectivity index (χ3v) is 5.04. The van der Waals surface area contributed by atoms with Crippen molar-refractivity contribution in [3.63, 3.8) is 0 Å². The van der Waals surface area contributed by atoms with Crippen molar-refractivity contribution in [2.75, 3.05) is 13.2 Å². The number of ether oxygens (including phenoxy) is 1. The molecule has 0 spiro atoms. The predicted octanol–water partition coefficient (Wildman–Crippen LogP) is 3.35. The van der Waals surface area contributed by atoms with E-state index in [1.54, 1.807) is 0 Å². The zero-order valence-electron chi connectivity index (χ0n) is 15.3. The van der Waals surface area contributed by atoms with Crippen molar-refractivity contribution < 1.29 is 9.53 Å². The number of hydrogen-bond donors (Lipinski definition) is 2. The molecule has 140 valence electrons. The number of carbonyl (C=O) groups is 1. The Balaban J connectivity index is 1.62. The maximum atomic E-state index is 12.8. The molecule has 2 aromatic rings. The van der Waals surface area contributed by atoms with E-state index in [1.807, 2.05) is 34.9 Å². The van der Waals surface area contributed by atoms with Crippen LogP contribution in [-0.4, -0.2) is 33.8 Å². The van der Waals surface area contributed by atoms with E-state index in [-0.39, 0.29) is 23.8 Å². The molecule has 0 aliphatic carbocycles. The first-order valence-electron chi connectivity index (χ1n) is 9.17. The molecule has 1 aromatic heterocycles. The Kier molecular flexibility index (Phi) is 6.21. The number of aromatic amines is 1. The van der Waals surface area contributed by atoms with Crippen LogP contribution in [0.5, 0.6) is 0 Å². The highest BCUT2D eigenvalue weighted by atomic mass is 32.1. The molecular formula is C19H26N4O2S. The van der Waals surface area contributed by atoms with Gasteiger partial charge in [0, 0.05) is 25.6 Å². The molecule has 1 aliphatic heterocycles. The van der Waals surface area contributed by atoms with Crippen molar-refractivity contribution in [1.29, 1.82) is 0 Å².